The van der Waals surface area contributed by atoms with Crippen molar-refractivity contribution < 1.29 is 14.3 Å². The van der Waals surface area contributed by atoms with E-state index in [1.165, 1.54) is 19.3 Å². The first-order chi connectivity index (χ1) is 12.0. The van der Waals surface area contributed by atoms with E-state index in [1.807, 2.05) is 31.2 Å². The molecule has 25 heavy (non-hydrogen) atoms. The number of amides is 3. The molecule has 4 fully saturated rings. The fraction of sp³-hybridized carbons (Fsp3) is 0.600. The molecule has 0 aliphatic heterocycles. The van der Waals surface area contributed by atoms with E-state index in [2.05, 4.69) is 10.6 Å². The van der Waals surface area contributed by atoms with Crippen molar-refractivity contribution in [3.05, 3.63) is 29.8 Å². The Morgan fingerprint density at radius 3 is 2.16 bits per heavy atom. The van der Waals surface area contributed by atoms with E-state index in [0.717, 1.165) is 42.6 Å². The Balaban J connectivity index is 1.27. The molecule has 0 unspecified atom stereocenters. The lowest BCUT2D eigenvalue weighted by Gasteiger charge is -2.56. The van der Waals surface area contributed by atoms with E-state index in [-0.39, 0.29) is 18.2 Å². The zero-order valence-corrected chi connectivity index (χ0v) is 14.7. The summed E-state index contributed by atoms with van der Waals surface area (Å²) in [4.78, 5) is 24.3. The van der Waals surface area contributed by atoms with E-state index >= 15 is 0 Å². The molecule has 3 amide bonds. The van der Waals surface area contributed by atoms with Gasteiger partial charge in [-0.2, -0.15) is 0 Å². The summed E-state index contributed by atoms with van der Waals surface area (Å²) in [5, 5.41) is 5.56. The van der Waals surface area contributed by atoms with Gasteiger partial charge >= 0.3 is 6.03 Å². The van der Waals surface area contributed by atoms with Gasteiger partial charge in [0.1, 0.15) is 5.75 Å². The minimum atomic E-state index is -0.414. The number of imide groups is 1. The van der Waals surface area contributed by atoms with Gasteiger partial charge in [0.05, 0.1) is 0 Å². The van der Waals surface area contributed by atoms with Crippen LogP contribution < -0.4 is 15.4 Å². The highest BCUT2D eigenvalue weighted by molar-refractivity contribution is 5.95. The predicted octanol–water partition coefficient (Wildman–Crippen LogP) is 3.17. The van der Waals surface area contributed by atoms with Crippen molar-refractivity contribution in [3.63, 3.8) is 0 Å². The van der Waals surface area contributed by atoms with Crippen molar-refractivity contribution >= 4 is 11.9 Å². The molecule has 4 bridgehead atoms. The maximum absolute atomic E-state index is 12.3. The lowest BCUT2D eigenvalue weighted by molar-refractivity contribution is -0.122. The Morgan fingerprint density at radius 1 is 1.04 bits per heavy atom. The topological polar surface area (TPSA) is 67.4 Å². The Kier molecular flexibility index (Phi) is 4.18. The molecule has 2 N–H and O–H groups in total. The van der Waals surface area contributed by atoms with Crippen LogP contribution in [0.25, 0.3) is 0 Å². The van der Waals surface area contributed by atoms with Crippen molar-refractivity contribution in [1.82, 2.24) is 10.6 Å². The molecule has 0 saturated heterocycles. The van der Waals surface area contributed by atoms with Crippen LogP contribution >= 0.6 is 0 Å². The van der Waals surface area contributed by atoms with Gasteiger partial charge in [-0.1, -0.05) is 17.7 Å². The minimum absolute atomic E-state index is 0.0864. The third-order valence-electron chi connectivity index (χ3n) is 6.06. The molecule has 0 radical (unpaired) electrons. The first-order valence-electron chi connectivity index (χ1n) is 9.31. The fourth-order valence-corrected chi connectivity index (χ4v) is 5.48. The SMILES string of the molecule is Cc1ccc(OCC(=O)NC(=O)NC23CC4CC(CC(C4)C2)C3)cc1. The second kappa shape index (κ2) is 6.36. The van der Waals surface area contributed by atoms with Crippen molar-refractivity contribution in [3.8, 4) is 5.75 Å². The number of hydrogen-bond acceptors (Lipinski definition) is 3. The number of carbonyl (C=O) groups is 2. The minimum Gasteiger partial charge on any atom is -0.484 e. The average molecular weight is 342 g/mol. The lowest BCUT2D eigenvalue weighted by Crippen LogP contribution is -2.62. The number of hydrogen-bond donors (Lipinski definition) is 2. The molecular formula is C20H26N2O3. The molecule has 134 valence electrons. The molecule has 5 rings (SSSR count). The Morgan fingerprint density at radius 2 is 1.60 bits per heavy atom. The summed E-state index contributed by atoms with van der Waals surface area (Å²) in [6, 6.07) is 7.11. The van der Waals surface area contributed by atoms with Crippen LogP contribution in [-0.4, -0.2) is 24.1 Å². The molecule has 0 aromatic heterocycles. The summed E-state index contributed by atoms with van der Waals surface area (Å²) in [5.41, 5.74) is 1.04. The number of ether oxygens (including phenoxy) is 1. The third-order valence-corrected chi connectivity index (χ3v) is 6.06. The zero-order chi connectivity index (χ0) is 17.4. The normalized spacial score (nSPS) is 32.3. The second-order valence-electron chi connectivity index (χ2n) is 8.30. The molecule has 0 heterocycles. The standard InChI is InChI=1S/C20H26N2O3/c1-13-2-4-17(5-3-13)25-12-18(23)21-19(24)22-20-9-14-6-15(10-20)8-16(7-14)11-20/h2-5,14-16H,6-12H2,1H3,(H2,21,22,23,24). The van der Waals surface area contributed by atoms with Gasteiger partial charge in [0.25, 0.3) is 5.91 Å². The number of carbonyl (C=O) groups excluding carboxylic acids is 2. The summed E-state index contributed by atoms with van der Waals surface area (Å²) in [6.45, 7) is 1.84. The van der Waals surface area contributed by atoms with E-state index in [1.54, 1.807) is 0 Å². The van der Waals surface area contributed by atoms with Gasteiger partial charge in [-0.3, -0.25) is 10.1 Å². The molecule has 1 aromatic rings. The van der Waals surface area contributed by atoms with Crippen LogP contribution in [0.2, 0.25) is 0 Å². The largest absolute Gasteiger partial charge is 0.484 e. The highest BCUT2D eigenvalue weighted by Crippen LogP contribution is 2.55. The van der Waals surface area contributed by atoms with Gasteiger partial charge in [-0.25, -0.2) is 4.79 Å². The van der Waals surface area contributed by atoms with Crippen LogP contribution in [0.3, 0.4) is 0 Å². The first-order valence-corrected chi connectivity index (χ1v) is 9.31. The zero-order valence-electron chi connectivity index (χ0n) is 14.7. The molecule has 5 nitrogen and oxygen atoms in total. The molecular weight excluding hydrogens is 316 g/mol. The molecule has 0 atom stereocenters. The summed E-state index contributed by atoms with van der Waals surface area (Å²) in [7, 11) is 0. The smallest absolute Gasteiger partial charge is 0.321 e. The van der Waals surface area contributed by atoms with E-state index in [9.17, 15) is 9.59 Å². The predicted molar refractivity (Wildman–Crippen MR) is 94.3 cm³/mol. The molecule has 4 aliphatic rings. The lowest BCUT2D eigenvalue weighted by atomic mass is 9.53. The van der Waals surface area contributed by atoms with Crippen LogP contribution in [0.5, 0.6) is 5.75 Å². The highest BCUT2D eigenvalue weighted by atomic mass is 16.5. The molecule has 4 saturated carbocycles. The average Bonchev–Trinajstić information content (AvgIpc) is 2.52. The van der Waals surface area contributed by atoms with E-state index in [0.29, 0.717) is 5.75 Å². The maximum atomic E-state index is 12.3. The molecule has 0 spiro atoms. The first kappa shape index (κ1) is 16.4. The number of aryl methyl sites for hydroxylation is 1. The van der Waals surface area contributed by atoms with Gasteiger partial charge in [-0.05, 0) is 75.3 Å². The Labute approximate surface area is 148 Å². The van der Waals surface area contributed by atoms with Gasteiger partial charge < -0.3 is 10.1 Å². The number of nitrogens with one attached hydrogen (secondary N) is 2. The summed E-state index contributed by atoms with van der Waals surface area (Å²) >= 11 is 0. The summed E-state index contributed by atoms with van der Waals surface area (Å²) in [5.74, 6) is 2.48. The van der Waals surface area contributed by atoms with Crippen LogP contribution in [-0.2, 0) is 4.79 Å². The van der Waals surface area contributed by atoms with Gasteiger partial charge in [0.2, 0.25) is 0 Å². The Bertz CT molecular complexity index is 633. The van der Waals surface area contributed by atoms with E-state index in [4.69, 9.17) is 4.74 Å². The van der Waals surface area contributed by atoms with Crippen molar-refractivity contribution in [2.45, 2.75) is 51.0 Å². The van der Waals surface area contributed by atoms with Gasteiger partial charge in [-0.15, -0.1) is 0 Å². The van der Waals surface area contributed by atoms with Crippen molar-refractivity contribution in [1.29, 1.82) is 0 Å². The van der Waals surface area contributed by atoms with Gasteiger partial charge in [0.15, 0.2) is 6.61 Å². The van der Waals surface area contributed by atoms with Crippen LogP contribution in [0.15, 0.2) is 24.3 Å². The number of rotatable bonds is 4. The fourth-order valence-electron chi connectivity index (χ4n) is 5.48. The molecule has 1 aromatic carbocycles. The molecule has 5 heteroatoms. The monoisotopic (exact) mass is 342 g/mol. The Hall–Kier alpha value is -2.04. The van der Waals surface area contributed by atoms with Gasteiger partial charge in [0, 0.05) is 5.54 Å². The van der Waals surface area contributed by atoms with Crippen molar-refractivity contribution in [2.24, 2.45) is 17.8 Å². The summed E-state index contributed by atoms with van der Waals surface area (Å²) in [6.07, 6.45) is 7.19. The van der Waals surface area contributed by atoms with Crippen LogP contribution in [0, 0.1) is 24.7 Å². The highest BCUT2D eigenvalue weighted by Gasteiger charge is 2.51. The quantitative estimate of drug-likeness (QED) is 0.883. The number of urea groups is 1. The number of benzene rings is 1. The maximum Gasteiger partial charge on any atom is 0.321 e. The van der Waals surface area contributed by atoms with E-state index < -0.39 is 5.91 Å². The van der Waals surface area contributed by atoms with Crippen molar-refractivity contribution in [2.75, 3.05) is 6.61 Å². The van der Waals surface area contributed by atoms with Crippen LogP contribution in [0.4, 0.5) is 4.79 Å². The second-order valence-corrected chi connectivity index (χ2v) is 8.30. The summed E-state index contributed by atoms with van der Waals surface area (Å²) < 4.78 is 5.43. The van der Waals surface area contributed by atoms with Crippen LogP contribution in [0.1, 0.15) is 44.1 Å². The molecule has 4 aliphatic carbocycles. The third kappa shape index (κ3) is 3.65.